The highest BCUT2D eigenvalue weighted by Gasteiger charge is 2.16. The third-order valence-corrected chi connectivity index (χ3v) is 6.89. The van der Waals surface area contributed by atoms with Gasteiger partial charge in [0.05, 0.1) is 28.7 Å². The molecule has 2 N–H and O–H groups in total. The van der Waals surface area contributed by atoms with Gasteiger partial charge in [0.15, 0.2) is 0 Å². The molecule has 0 bridgehead atoms. The van der Waals surface area contributed by atoms with Crippen LogP contribution in [0.5, 0.6) is 5.75 Å². The van der Waals surface area contributed by atoms with Gasteiger partial charge in [0.25, 0.3) is 10.0 Å². The van der Waals surface area contributed by atoms with Gasteiger partial charge in [-0.15, -0.1) is 0 Å². The van der Waals surface area contributed by atoms with Gasteiger partial charge in [-0.25, -0.2) is 18.4 Å². The first-order valence-electron chi connectivity index (χ1n) is 10.3. The van der Waals surface area contributed by atoms with Gasteiger partial charge in [-0.05, 0) is 72.8 Å². The number of pyridine rings is 2. The van der Waals surface area contributed by atoms with Gasteiger partial charge in [0.2, 0.25) is 0 Å². The number of ether oxygens (including phenoxy) is 1. The second-order valence-electron chi connectivity index (χ2n) is 7.50. The minimum Gasteiger partial charge on any atom is -0.497 e. The molecule has 0 aliphatic heterocycles. The van der Waals surface area contributed by atoms with E-state index in [0.29, 0.717) is 16.5 Å². The Morgan fingerprint density at radius 3 is 2.44 bits per heavy atom. The maximum absolute atomic E-state index is 12.7. The molecule has 170 valence electrons. The lowest BCUT2D eigenvalue weighted by Gasteiger charge is -2.15. The zero-order chi connectivity index (χ0) is 23.7. The number of benzene rings is 3. The van der Waals surface area contributed by atoms with Crippen LogP contribution >= 0.6 is 11.6 Å². The number of methoxy groups -OCH3 is 1. The van der Waals surface area contributed by atoms with Crippen LogP contribution in [0.15, 0.2) is 90.0 Å². The number of nitrogens with zero attached hydrogens (tertiary/aromatic N) is 2. The Balaban J connectivity index is 1.53. The second kappa shape index (κ2) is 8.81. The van der Waals surface area contributed by atoms with Crippen molar-refractivity contribution in [3.8, 4) is 5.75 Å². The van der Waals surface area contributed by atoms with Crippen LogP contribution in [0.3, 0.4) is 0 Å². The molecule has 0 radical (unpaired) electrons. The van der Waals surface area contributed by atoms with E-state index in [2.05, 4.69) is 15.0 Å². The van der Waals surface area contributed by atoms with Gasteiger partial charge in [0.1, 0.15) is 11.6 Å². The van der Waals surface area contributed by atoms with Crippen molar-refractivity contribution in [2.45, 2.75) is 4.90 Å². The molecule has 0 saturated carbocycles. The van der Waals surface area contributed by atoms with Gasteiger partial charge in [-0.2, -0.15) is 0 Å². The van der Waals surface area contributed by atoms with Crippen LogP contribution in [0.1, 0.15) is 0 Å². The summed E-state index contributed by atoms with van der Waals surface area (Å²) in [5, 5.41) is 5.75. The molecule has 34 heavy (non-hydrogen) atoms. The molecule has 9 heteroatoms. The Kier molecular flexibility index (Phi) is 5.69. The van der Waals surface area contributed by atoms with E-state index in [1.807, 2.05) is 36.4 Å². The average Bonchev–Trinajstić information content (AvgIpc) is 2.84. The molecule has 0 aliphatic rings. The molecule has 2 heterocycles. The van der Waals surface area contributed by atoms with Gasteiger partial charge < -0.3 is 10.1 Å². The Morgan fingerprint density at radius 2 is 1.71 bits per heavy atom. The lowest BCUT2D eigenvalue weighted by Crippen LogP contribution is -2.13. The summed E-state index contributed by atoms with van der Waals surface area (Å²) in [4.78, 5) is 8.87. The number of nitrogens with one attached hydrogen (secondary N) is 2. The van der Waals surface area contributed by atoms with Crippen LogP contribution in [0.25, 0.3) is 21.8 Å². The van der Waals surface area contributed by atoms with Gasteiger partial charge >= 0.3 is 0 Å². The van der Waals surface area contributed by atoms with Crippen molar-refractivity contribution in [1.29, 1.82) is 0 Å². The third kappa shape index (κ3) is 4.33. The number of anilines is 3. The molecule has 0 fully saturated rings. The Bertz CT molecular complexity index is 1610. The van der Waals surface area contributed by atoms with E-state index in [1.54, 1.807) is 37.4 Å². The summed E-state index contributed by atoms with van der Waals surface area (Å²) in [6.45, 7) is 0. The highest BCUT2D eigenvalue weighted by molar-refractivity contribution is 7.92. The van der Waals surface area contributed by atoms with Crippen LogP contribution in [-0.2, 0) is 10.0 Å². The molecule has 5 aromatic rings. The minimum absolute atomic E-state index is 0.126. The van der Waals surface area contributed by atoms with Crippen molar-refractivity contribution in [3.05, 3.63) is 90.1 Å². The molecule has 0 aliphatic carbocycles. The average molecular weight is 491 g/mol. The molecular weight excluding hydrogens is 472 g/mol. The number of fused-ring (bicyclic) bond motifs is 2. The normalized spacial score (nSPS) is 11.5. The fraction of sp³-hybridized carbons (Fsp3) is 0.0400. The smallest absolute Gasteiger partial charge is 0.263 e. The van der Waals surface area contributed by atoms with E-state index < -0.39 is 10.0 Å². The Hall–Kier alpha value is -3.88. The second-order valence-corrected chi connectivity index (χ2v) is 9.62. The van der Waals surface area contributed by atoms with Gasteiger partial charge in [-0.1, -0.05) is 17.7 Å². The van der Waals surface area contributed by atoms with Crippen molar-refractivity contribution in [1.82, 2.24) is 9.97 Å². The van der Waals surface area contributed by atoms with Crippen LogP contribution in [-0.4, -0.2) is 25.5 Å². The van der Waals surface area contributed by atoms with Gasteiger partial charge in [0, 0.05) is 27.7 Å². The van der Waals surface area contributed by atoms with Crippen LogP contribution in [0.2, 0.25) is 5.02 Å². The van der Waals surface area contributed by atoms with Crippen LogP contribution in [0.4, 0.5) is 17.2 Å². The van der Waals surface area contributed by atoms with Crippen molar-refractivity contribution in [3.63, 3.8) is 0 Å². The monoisotopic (exact) mass is 490 g/mol. The topological polar surface area (TPSA) is 93.2 Å². The quantitative estimate of drug-likeness (QED) is 0.284. The fourth-order valence-corrected chi connectivity index (χ4v) is 4.81. The third-order valence-electron chi connectivity index (χ3n) is 5.28. The van der Waals surface area contributed by atoms with E-state index >= 15 is 0 Å². The molecule has 3 aromatic carbocycles. The highest BCUT2D eigenvalue weighted by atomic mass is 35.5. The van der Waals surface area contributed by atoms with E-state index in [4.69, 9.17) is 21.3 Å². The Morgan fingerprint density at radius 1 is 0.882 bits per heavy atom. The van der Waals surface area contributed by atoms with Crippen molar-refractivity contribution in [2.24, 2.45) is 0 Å². The highest BCUT2D eigenvalue weighted by Crippen LogP contribution is 2.36. The van der Waals surface area contributed by atoms with Crippen molar-refractivity contribution < 1.29 is 13.2 Å². The first-order valence-corrected chi connectivity index (χ1v) is 12.2. The first kappa shape index (κ1) is 21.9. The maximum Gasteiger partial charge on any atom is 0.263 e. The zero-order valence-corrected chi connectivity index (χ0v) is 19.6. The number of hydrogen-bond donors (Lipinski definition) is 2. The fourth-order valence-electron chi connectivity index (χ4n) is 3.64. The number of rotatable bonds is 6. The van der Waals surface area contributed by atoms with E-state index in [9.17, 15) is 8.42 Å². The first-order chi connectivity index (χ1) is 16.4. The van der Waals surface area contributed by atoms with Crippen LogP contribution in [0, 0.1) is 0 Å². The largest absolute Gasteiger partial charge is 0.497 e. The molecule has 5 rings (SSSR count). The van der Waals surface area contributed by atoms with E-state index in [0.717, 1.165) is 27.5 Å². The minimum atomic E-state index is -3.77. The summed E-state index contributed by atoms with van der Waals surface area (Å²) in [7, 11) is -2.16. The SMILES string of the molecule is COc1ccc2nc3cc(Cl)ccc3c(Nc3ccc(S(=O)(=O)Nc4ccccn4)cc3)c2c1. The van der Waals surface area contributed by atoms with Crippen LogP contribution < -0.4 is 14.8 Å². The molecule has 2 aromatic heterocycles. The lowest BCUT2D eigenvalue weighted by molar-refractivity contribution is 0.415. The van der Waals surface area contributed by atoms with Gasteiger partial charge in [-0.3, -0.25) is 4.72 Å². The molecule has 0 saturated heterocycles. The molecule has 7 nitrogen and oxygen atoms in total. The zero-order valence-electron chi connectivity index (χ0n) is 18.0. The molecular formula is C25H19ClN4O3S. The summed E-state index contributed by atoms with van der Waals surface area (Å²) >= 11 is 6.20. The molecule has 0 spiro atoms. The number of hydrogen-bond acceptors (Lipinski definition) is 6. The van der Waals surface area contributed by atoms with E-state index in [1.165, 1.54) is 18.3 Å². The standard InChI is InChI=1S/C25H19ClN4O3S/c1-33-18-8-12-22-21(15-18)25(20-11-5-16(26)14-23(20)29-22)28-17-6-9-19(10-7-17)34(31,32)30-24-4-2-3-13-27-24/h2-15H,1H3,(H,27,30)(H,28,29). The lowest BCUT2D eigenvalue weighted by atomic mass is 10.1. The predicted octanol–water partition coefficient (Wildman–Crippen LogP) is 5.99. The summed E-state index contributed by atoms with van der Waals surface area (Å²) in [6.07, 6.45) is 1.52. The Labute approximate surface area is 201 Å². The molecule has 0 unspecified atom stereocenters. The maximum atomic E-state index is 12.7. The van der Waals surface area contributed by atoms with E-state index in [-0.39, 0.29) is 10.7 Å². The van der Waals surface area contributed by atoms with Crippen molar-refractivity contribution >= 4 is 60.6 Å². The van der Waals surface area contributed by atoms with Crippen molar-refractivity contribution in [2.75, 3.05) is 17.1 Å². The number of sulfonamides is 1. The summed E-state index contributed by atoms with van der Waals surface area (Å²) < 4.78 is 33.3. The molecule has 0 atom stereocenters. The number of halogens is 1. The predicted molar refractivity (Wildman–Crippen MR) is 136 cm³/mol. The molecule has 0 amide bonds. The summed E-state index contributed by atoms with van der Waals surface area (Å²) in [5.41, 5.74) is 3.05. The number of aromatic nitrogens is 2. The summed E-state index contributed by atoms with van der Waals surface area (Å²) in [6, 6.07) is 22.7. The summed E-state index contributed by atoms with van der Waals surface area (Å²) in [5.74, 6) is 0.958.